The Labute approximate surface area is 205 Å². The van der Waals surface area contributed by atoms with Crippen molar-refractivity contribution < 1.29 is 27.5 Å². The fourth-order valence-corrected chi connectivity index (χ4v) is 6.06. The number of nitrogens with zero attached hydrogens (tertiary/aromatic N) is 2. The zero-order valence-electron chi connectivity index (χ0n) is 19.8. The molecule has 2 heterocycles. The van der Waals surface area contributed by atoms with Crippen molar-refractivity contribution in [2.45, 2.75) is 43.0 Å². The van der Waals surface area contributed by atoms with Crippen LogP contribution in [-0.4, -0.2) is 67.6 Å². The van der Waals surface area contributed by atoms with E-state index in [1.165, 1.54) is 35.7 Å². The van der Waals surface area contributed by atoms with Crippen LogP contribution in [0.15, 0.2) is 53.4 Å². The summed E-state index contributed by atoms with van der Waals surface area (Å²) in [5, 5.41) is 2.70. The van der Waals surface area contributed by atoms with Gasteiger partial charge in [0.15, 0.2) is 5.78 Å². The molecule has 35 heavy (non-hydrogen) atoms. The van der Waals surface area contributed by atoms with Crippen LogP contribution < -0.4 is 10.1 Å². The number of carbonyl (C=O) groups is 3. The Balaban J connectivity index is 1.46. The first-order valence-corrected chi connectivity index (χ1v) is 13.0. The molecule has 2 aromatic carbocycles. The minimum atomic E-state index is -3.61. The van der Waals surface area contributed by atoms with E-state index >= 15 is 0 Å². The maximum Gasteiger partial charge on any atom is 0.325 e. The third kappa shape index (κ3) is 4.94. The molecule has 0 spiro atoms. The van der Waals surface area contributed by atoms with Gasteiger partial charge in [-0.2, -0.15) is 4.31 Å². The number of hydrogen-bond donors (Lipinski definition) is 1. The van der Waals surface area contributed by atoms with Gasteiger partial charge in [0.1, 0.15) is 11.3 Å². The number of ketones is 1. The third-order valence-corrected chi connectivity index (χ3v) is 8.43. The monoisotopic (exact) mass is 499 g/mol. The van der Waals surface area contributed by atoms with Gasteiger partial charge in [0.25, 0.3) is 5.91 Å². The number of rotatable bonds is 8. The van der Waals surface area contributed by atoms with Gasteiger partial charge in [-0.1, -0.05) is 24.6 Å². The van der Waals surface area contributed by atoms with Gasteiger partial charge in [-0.15, -0.1) is 0 Å². The summed E-state index contributed by atoms with van der Waals surface area (Å²) in [6.45, 7) is 2.15. The molecule has 0 bridgehead atoms. The van der Waals surface area contributed by atoms with Crippen LogP contribution in [0.4, 0.5) is 4.79 Å². The first kappa shape index (κ1) is 24.9. The predicted octanol–water partition coefficient (Wildman–Crippen LogP) is 2.61. The van der Waals surface area contributed by atoms with E-state index in [-0.39, 0.29) is 16.9 Å². The first-order chi connectivity index (χ1) is 16.7. The summed E-state index contributed by atoms with van der Waals surface area (Å²) in [5.74, 6) is -0.368. The fourth-order valence-electron chi connectivity index (χ4n) is 4.54. The highest BCUT2D eigenvalue weighted by atomic mass is 32.2. The molecule has 0 unspecified atom stereocenters. The Kier molecular flexibility index (Phi) is 6.95. The lowest BCUT2D eigenvalue weighted by molar-refractivity contribution is -0.130. The van der Waals surface area contributed by atoms with E-state index in [4.69, 9.17) is 4.74 Å². The Morgan fingerprint density at radius 3 is 2.34 bits per heavy atom. The molecule has 2 aliphatic heterocycles. The van der Waals surface area contributed by atoms with E-state index in [1.54, 1.807) is 13.0 Å². The summed E-state index contributed by atoms with van der Waals surface area (Å²) in [4.78, 5) is 39.6. The van der Waals surface area contributed by atoms with Crippen LogP contribution in [0.1, 0.15) is 42.1 Å². The summed E-state index contributed by atoms with van der Waals surface area (Å²) in [5.41, 5.74) is -0.246. The smallest absolute Gasteiger partial charge is 0.325 e. The molecule has 1 N–H and O–H groups in total. The molecular weight excluding hydrogens is 470 g/mol. The van der Waals surface area contributed by atoms with Crippen molar-refractivity contribution in [3.63, 3.8) is 0 Å². The van der Waals surface area contributed by atoms with E-state index in [0.717, 1.165) is 29.7 Å². The zero-order valence-corrected chi connectivity index (χ0v) is 20.6. The maximum atomic E-state index is 13.1. The number of amides is 3. The summed E-state index contributed by atoms with van der Waals surface area (Å²) in [7, 11) is -2.08. The average Bonchev–Trinajstić information content (AvgIpc) is 3.07. The number of benzene rings is 2. The molecule has 0 saturated carbocycles. The molecule has 2 saturated heterocycles. The lowest BCUT2D eigenvalue weighted by Gasteiger charge is -2.25. The molecule has 2 aromatic rings. The maximum absolute atomic E-state index is 13.1. The van der Waals surface area contributed by atoms with Crippen LogP contribution in [0.25, 0.3) is 0 Å². The normalized spacial score (nSPS) is 21.1. The molecule has 1 atom stereocenters. The second-order valence-electron chi connectivity index (χ2n) is 9.05. The highest BCUT2D eigenvalue weighted by Gasteiger charge is 2.48. The first-order valence-electron chi connectivity index (χ1n) is 11.6. The van der Waals surface area contributed by atoms with Crippen molar-refractivity contribution in [3.8, 4) is 5.75 Å². The van der Waals surface area contributed by atoms with Crippen LogP contribution in [-0.2, 0) is 21.2 Å². The Hall–Kier alpha value is -3.24. The lowest BCUT2D eigenvalue weighted by Crippen LogP contribution is -2.46. The second kappa shape index (κ2) is 9.79. The minimum absolute atomic E-state index is 0.121. The third-order valence-electron chi connectivity index (χ3n) is 6.51. The molecule has 3 amide bonds. The SMILES string of the molecule is COc1ccccc1C[C@@]1(C)NC(=O)N(CC(=O)c2ccc(S(=O)(=O)N3CCCCC3)cc2)C1=O. The number of para-hydroxylation sites is 1. The van der Waals surface area contributed by atoms with E-state index in [1.807, 2.05) is 18.2 Å². The van der Waals surface area contributed by atoms with Crippen molar-refractivity contribution in [1.82, 2.24) is 14.5 Å². The number of imide groups is 1. The van der Waals surface area contributed by atoms with E-state index in [9.17, 15) is 22.8 Å². The number of sulfonamides is 1. The summed E-state index contributed by atoms with van der Waals surface area (Å²) in [6, 6.07) is 12.2. The van der Waals surface area contributed by atoms with E-state index < -0.39 is 39.8 Å². The van der Waals surface area contributed by atoms with Crippen molar-refractivity contribution in [2.75, 3.05) is 26.7 Å². The summed E-state index contributed by atoms with van der Waals surface area (Å²) < 4.78 is 32.5. The Bertz CT molecular complexity index is 1240. The largest absolute Gasteiger partial charge is 0.496 e. The van der Waals surface area contributed by atoms with Gasteiger partial charge < -0.3 is 10.1 Å². The van der Waals surface area contributed by atoms with Gasteiger partial charge in [0, 0.05) is 25.1 Å². The molecule has 186 valence electrons. The fraction of sp³-hybridized carbons (Fsp3) is 0.400. The Morgan fingerprint density at radius 2 is 1.69 bits per heavy atom. The number of urea groups is 1. The molecule has 2 fully saturated rings. The number of Topliss-reactive ketones (excluding diaryl/α,β-unsaturated/α-hetero) is 1. The average molecular weight is 500 g/mol. The van der Waals surface area contributed by atoms with Gasteiger partial charge in [-0.3, -0.25) is 14.5 Å². The molecule has 2 aliphatic rings. The van der Waals surface area contributed by atoms with Crippen LogP contribution in [0.2, 0.25) is 0 Å². The molecular formula is C25H29N3O6S. The highest BCUT2D eigenvalue weighted by molar-refractivity contribution is 7.89. The molecule has 0 aliphatic carbocycles. The standard InChI is InChI=1S/C25H29N3O6S/c1-25(16-19-8-4-5-9-22(19)34-2)23(30)28(24(31)26-25)17-21(29)18-10-12-20(13-11-18)35(32,33)27-14-6-3-7-15-27/h4-5,8-13H,3,6-7,14-17H2,1-2H3,(H,26,31)/t25-/m1/s1. The minimum Gasteiger partial charge on any atom is -0.496 e. The molecule has 10 heteroatoms. The number of methoxy groups -OCH3 is 1. The highest BCUT2D eigenvalue weighted by Crippen LogP contribution is 2.28. The second-order valence-corrected chi connectivity index (χ2v) is 11.0. The number of piperidine rings is 1. The van der Waals surface area contributed by atoms with Crippen LogP contribution >= 0.6 is 0 Å². The quantitative estimate of drug-likeness (QED) is 0.441. The van der Waals surface area contributed by atoms with Gasteiger partial charge in [0.2, 0.25) is 10.0 Å². The summed E-state index contributed by atoms with van der Waals surface area (Å²) in [6.07, 6.45) is 2.88. The van der Waals surface area contributed by atoms with Crippen LogP contribution in [0.5, 0.6) is 5.75 Å². The Morgan fingerprint density at radius 1 is 1.03 bits per heavy atom. The lowest BCUT2D eigenvalue weighted by atomic mass is 9.92. The van der Waals surface area contributed by atoms with Gasteiger partial charge in [0.05, 0.1) is 18.6 Å². The number of ether oxygens (including phenoxy) is 1. The van der Waals surface area contributed by atoms with Crippen molar-refractivity contribution >= 4 is 27.7 Å². The van der Waals surface area contributed by atoms with Crippen LogP contribution in [0, 0.1) is 0 Å². The number of carbonyl (C=O) groups excluding carboxylic acids is 3. The van der Waals surface area contributed by atoms with E-state index in [0.29, 0.717) is 18.8 Å². The predicted molar refractivity (Wildman–Crippen MR) is 129 cm³/mol. The summed E-state index contributed by atoms with van der Waals surface area (Å²) >= 11 is 0. The van der Waals surface area contributed by atoms with E-state index in [2.05, 4.69) is 5.32 Å². The number of hydrogen-bond acceptors (Lipinski definition) is 6. The molecule has 4 rings (SSSR count). The van der Waals surface area contributed by atoms with Crippen LogP contribution in [0.3, 0.4) is 0 Å². The van der Waals surface area contributed by atoms with Crippen molar-refractivity contribution in [2.24, 2.45) is 0 Å². The van der Waals surface area contributed by atoms with Gasteiger partial charge in [-0.05, 0) is 55.7 Å². The van der Waals surface area contributed by atoms with Crippen molar-refractivity contribution in [3.05, 3.63) is 59.7 Å². The molecule has 9 nitrogen and oxygen atoms in total. The van der Waals surface area contributed by atoms with Crippen molar-refractivity contribution in [1.29, 1.82) is 0 Å². The molecule has 0 radical (unpaired) electrons. The molecule has 0 aromatic heterocycles. The van der Waals surface area contributed by atoms with Gasteiger partial charge >= 0.3 is 6.03 Å². The topological polar surface area (TPSA) is 113 Å². The van der Waals surface area contributed by atoms with Gasteiger partial charge in [-0.25, -0.2) is 13.2 Å². The zero-order chi connectivity index (χ0) is 25.2. The number of nitrogens with one attached hydrogen (secondary N) is 1.